The zero-order valence-corrected chi connectivity index (χ0v) is 9.99. The smallest absolute Gasteiger partial charge is 0.274 e. The highest BCUT2D eigenvalue weighted by Gasteiger charge is 2.16. The second-order valence-electron chi connectivity index (χ2n) is 3.57. The van der Waals surface area contributed by atoms with Gasteiger partial charge in [-0.3, -0.25) is 10.1 Å². The van der Waals surface area contributed by atoms with E-state index < -0.39 is 4.92 Å². The molecule has 17 heavy (non-hydrogen) atoms. The molecule has 90 valence electrons. The Morgan fingerprint density at radius 2 is 2.29 bits per heavy atom. The van der Waals surface area contributed by atoms with Gasteiger partial charge in [-0.2, -0.15) is 11.8 Å². The lowest BCUT2D eigenvalue weighted by molar-refractivity contribution is -0.585. The van der Waals surface area contributed by atoms with Crippen LogP contribution in [0.15, 0.2) is 18.2 Å². The van der Waals surface area contributed by atoms with Gasteiger partial charge < -0.3 is 5.21 Å². The van der Waals surface area contributed by atoms with Crippen LogP contribution in [0.2, 0.25) is 0 Å². The first kappa shape index (κ1) is 11.7. The van der Waals surface area contributed by atoms with E-state index in [4.69, 9.17) is 0 Å². The minimum Gasteiger partial charge on any atom is -0.710 e. The van der Waals surface area contributed by atoms with Gasteiger partial charge in [0.05, 0.1) is 17.4 Å². The summed E-state index contributed by atoms with van der Waals surface area (Å²) in [7, 11) is 0. The predicted molar refractivity (Wildman–Crippen MR) is 66.0 cm³/mol. The molecule has 1 aromatic carbocycles. The van der Waals surface area contributed by atoms with E-state index in [0.29, 0.717) is 23.3 Å². The number of aromatic amines is 1. The van der Waals surface area contributed by atoms with Crippen molar-refractivity contribution in [1.82, 2.24) is 4.98 Å². The van der Waals surface area contributed by atoms with Crippen LogP contribution >= 0.6 is 11.8 Å². The maximum Gasteiger partial charge on any atom is 0.274 e. The molecule has 0 aliphatic carbocycles. The number of benzene rings is 1. The number of rotatable bonds is 4. The molecule has 0 saturated heterocycles. The van der Waals surface area contributed by atoms with E-state index in [9.17, 15) is 15.3 Å². The van der Waals surface area contributed by atoms with Gasteiger partial charge in [-0.1, -0.05) is 0 Å². The molecule has 0 spiro atoms. The fourth-order valence-electron chi connectivity index (χ4n) is 1.62. The van der Waals surface area contributed by atoms with Gasteiger partial charge in [-0.25, -0.2) is 9.71 Å². The second kappa shape index (κ2) is 4.62. The van der Waals surface area contributed by atoms with Crippen molar-refractivity contribution < 1.29 is 9.65 Å². The Morgan fingerprint density at radius 3 is 2.94 bits per heavy atom. The molecule has 0 fully saturated rings. The van der Waals surface area contributed by atoms with Crippen molar-refractivity contribution in [1.29, 1.82) is 0 Å². The number of H-pyrrole nitrogens is 1. The maximum atomic E-state index is 11.9. The standard InChI is InChI=1S/C10H11N3O3S/c1-17-5-4-10-11-8-3-2-7(13(15)16)6-9(8)12(10)14/h2-3,6,11H,4-5H2,1H3. The minimum absolute atomic E-state index is 0.0717. The van der Waals surface area contributed by atoms with Gasteiger partial charge in [0.1, 0.15) is 0 Å². The van der Waals surface area contributed by atoms with Crippen molar-refractivity contribution >= 4 is 28.5 Å². The van der Waals surface area contributed by atoms with Crippen LogP contribution in [-0.2, 0) is 6.42 Å². The summed E-state index contributed by atoms with van der Waals surface area (Å²) in [6.07, 6.45) is 2.58. The topological polar surface area (TPSA) is 85.9 Å². The fraction of sp³-hybridized carbons (Fsp3) is 0.300. The van der Waals surface area contributed by atoms with Gasteiger partial charge in [0.15, 0.2) is 11.0 Å². The SMILES string of the molecule is CSCCc1[nH]c2ccc([N+](=O)[O-])cc2[n+]1[O-]. The number of imidazole rings is 1. The van der Waals surface area contributed by atoms with Crippen LogP contribution in [0.3, 0.4) is 0 Å². The summed E-state index contributed by atoms with van der Waals surface area (Å²) < 4.78 is 0.735. The number of thioether (sulfide) groups is 1. The molecular formula is C10H11N3O3S. The molecule has 7 heteroatoms. The molecule has 0 amide bonds. The molecule has 0 atom stereocenters. The lowest BCUT2D eigenvalue weighted by Crippen LogP contribution is -2.30. The molecule has 0 aliphatic rings. The van der Waals surface area contributed by atoms with Crippen LogP contribution in [0.4, 0.5) is 5.69 Å². The molecular weight excluding hydrogens is 242 g/mol. The summed E-state index contributed by atoms with van der Waals surface area (Å²) >= 11 is 1.64. The molecule has 1 aromatic heterocycles. The first-order valence-corrected chi connectivity index (χ1v) is 6.40. The lowest BCUT2D eigenvalue weighted by atomic mass is 10.3. The van der Waals surface area contributed by atoms with Crippen molar-refractivity contribution in [3.63, 3.8) is 0 Å². The van der Waals surface area contributed by atoms with Crippen molar-refractivity contribution in [2.24, 2.45) is 0 Å². The van der Waals surface area contributed by atoms with Gasteiger partial charge in [-0.05, 0) is 12.3 Å². The second-order valence-corrected chi connectivity index (χ2v) is 4.55. The number of aromatic nitrogens is 2. The molecule has 0 unspecified atom stereocenters. The van der Waals surface area contributed by atoms with Crippen molar-refractivity contribution in [3.05, 3.63) is 39.3 Å². The third kappa shape index (κ3) is 2.19. The van der Waals surface area contributed by atoms with Crippen LogP contribution in [-0.4, -0.2) is 21.9 Å². The van der Waals surface area contributed by atoms with E-state index in [1.807, 2.05) is 6.26 Å². The fourth-order valence-corrected chi connectivity index (χ4v) is 2.02. The largest absolute Gasteiger partial charge is 0.710 e. The van der Waals surface area contributed by atoms with E-state index in [1.54, 1.807) is 17.8 Å². The van der Waals surface area contributed by atoms with Crippen LogP contribution < -0.4 is 4.73 Å². The average Bonchev–Trinajstić information content (AvgIpc) is 2.63. The number of nitro groups is 1. The van der Waals surface area contributed by atoms with Crippen LogP contribution in [0, 0.1) is 15.3 Å². The number of hydrogen-bond acceptors (Lipinski definition) is 4. The third-order valence-electron chi connectivity index (χ3n) is 2.48. The van der Waals surface area contributed by atoms with Gasteiger partial charge in [0.25, 0.3) is 11.5 Å². The summed E-state index contributed by atoms with van der Waals surface area (Å²) in [5, 5.41) is 22.5. The summed E-state index contributed by atoms with van der Waals surface area (Å²) in [4.78, 5) is 13.1. The summed E-state index contributed by atoms with van der Waals surface area (Å²) in [6.45, 7) is 0. The number of aryl methyl sites for hydroxylation is 1. The Labute approximate surface area is 101 Å². The highest BCUT2D eigenvalue weighted by molar-refractivity contribution is 7.98. The first-order valence-electron chi connectivity index (χ1n) is 5.01. The molecule has 0 radical (unpaired) electrons. The summed E-state index contributed by atoms with van der Waals surface area (Å²) in [5.74, 6) is 1.37. The van der Waals surface area contributed by atoms with E-state index in [1.165, 1.54) is 12.1 Å². The highest BCUT2D eigenvalue weighted by atomic mass is 32.2. The normalized spacial score (nSPS) is 10.9. The van der Waals surface area contributed by atoms with Crippen molar-refractivity contribution in [3.8, 4) is 0 Å². The van der Waals surface area contributed by atoms with Gasteiger partial charge >= 0.3 is 0 Å². The Hall–Kier alpha value is -1.76. The van der Waals surface area contributed by atoms with Gasteiger partial charge in [0, 0.05) is 11.8 Å². The monoisotopic (exact) mass is 253 g/mol. The van der Waals surface area contributed by atoms with Crippen molar-refractivity contribution in [2.75, 3.05) is 12.0 Å². The average molecular weight is 253 g/mol. The zero-order valence-electron chi connectivity index (χ0n) is 9.17. The molecule has 6 nitrogen and oxygen atoms in total. The highest BCUT2D eigenvalue weighted by Crippen LogP contribution is 2.18. The Bertz CT molecular complexity index is 567. The number of nitrogens with one attached hydrogen (secondary N) is 1. The molecule has 1 N–H and O–H groups in total. The predicted octanol–water partition coefficient (Wildman–Crippen LogP) is 1.61. The van der Waals surface area contributed by atoms with E-state index in [2.05, 4.69) is 4.98 Å². The van der Waals surface area contributed by atoms with E-state index in [0.717, 1.165) is 10.5 Å². The first-order chi connectivity index (χ1) is 8.13. The molecule has 0 bridgehead atoms. The van der Waals surface area contributed by atoms with Gasteiger partial charge in [0.2, 0.25) is 0 Å². The molecule has 2 aromatic rings. The van der Waals surface area contributed by atoms with Gasteiger partial charge in [-0.15, -0.1) is 0 Å². The third-order valence-corrected chi connectivity index (χ3v) is 3.09. The Kier molecular flexibility index (Phi) is 3.19. The zero-order chi connectivity index (χ0) is 12.4. The number of nitrogens with zero attached hydrogens (tertiary/aromatic N) is 2. The number of fused-ring (bicyclic) bond motifs is 1. The van der Waals surface area contributed by atoms with Crippen LogP contribution in [0.1, 0.15) is 5.82 Å². The lowest BCUT2D eigenvalue weighted by Gasteiger charge is -2.01. The molecule has 0 saturated carbocycles. The molecule has 0 aliphatic heterocycles. The van der Waals surface area contributed by atoms with Crippen LogP contribution in [0.25, 0.3) is 11.0 Å². The van der Waals surface area contributed by atoms with Crippen molar-refractivity contribution in [2.45, 2.75) is 6.42 Å². The van der Waals surface area contributed by atoms with Crippen LogP contribution in [0.5, 0.6) is 0 Å². The van der Waals surface area contributed by atoms with E-state index in [-0.39, 0.29) is 5.69 Å². The Balaban J connectivity index is 2.47. The maximum absolute atomic E-state index is 11.9. The van der Waals surface area contributed by atoms with E-state index >= 15 is 0 Å². The summed E-state index contributed by atoms with van der Waals surface area (Å²) in [6, 6.07) is 4.24. The number of hydrogen-bond donors (Lipinski definition) is 1. The summed E-state index contributed by atoms with van der Waals surface area (Å²) in [5.41, 5.74) is 0.870. The quantitative estimate of drug-likeness (QED) is 0.388. The Morgan fingerprint density at radius 1 is 1.53 bits per heavy atom. The number of non-ortho nitro benzene ring substituents is 1. The molecule has 2 rings (SSSR count). The minimum atomic E-state index is -0.506. The number of nitro benzene ring substituents is 1. The molecule has 1 heterocycles.